The van der Waals surface area contributed by atoms with Crippen LogP contribution >= 0.6 is 11.6 Å². The summed E-state index contributed by atoms with van der Waals surface area (Å²) in [6.07, 6.45) is 3.40. The maximum Gasteiger partial charge on any atom is 0.253 e. The lowest BCUT2D eigenvalue weighted by Gasteiger charge is -2.13. The average molecular weight is 396 g/mol. The van der Waals surface area contributed by atoms with E-state index in [0.29, 0.717) is 27.3 Å². The first kappa shape index (κ1) is 18.3. The van der Waals surface area contributed by atoms with Crippen molar-refractivity contribution >= 4 is 39.4 Å². The summed E-state index contributed by atoms with van der Waals surface area (Å²) in [5.74, 6) is -0.320. The van der Waals surface area contributed by atoms with Crippen LogP contribution in [0.25, 0.3) is 33.2 Å². The molecular formula is C20H18ClN5O2. The second-order valence-electron chi connectivity index (χ2n) is 6.64. The molecule has 2 N–H and O–H groups in total. The van der Waals surface area contributed by atoms with Crippen molar-refractivity contribution in [1.29, 1.82) is 0 Å². The number of halogens is 1. The van der Waals surface area contributed by atoms with Gasteiger partial charge in [-0.1, -0.05) is 23.7 Å². The number of hydrogen-bond donors (Lipinski definition) is 2. The summed E-state index contributed by atoms with van der Waals surface area (Å²) < 4.78 is 1.71. The fourth-order valence-electron chi connectivity index (χ4n) is 3.05. The standard InChI is InChI=1S/C20H18ClN5O2/c1-11(10-27)24-20(28)14-7-16(12-3-5-13(21)6-4-12)25-19-15-8-23-26(2)17(15)9-22-18(14)19/h3-9,11,27H,10H2,1-2H3,(H,24,28)/t11-/m0/s1. The number of aromatic nitrogens is 4. The van der Waals surface area contributed by atoms with Crippen molar-refractivity contribution in [3.05, 3.63) is 53.3 Å². The number of nitrogens with zero attached hydrogens (tertiary/aromatic N) is 4. The molecule has 0 spiro atoms. The number of carbonyl (C=O) groups is 1. The fourth-order valence-corrected chi connectivity index (χ4v) is 3.18. The number of carbonyl (C=O) groups excluding carboxylic acids is 1. The number of hydrogen-bond acceptors (Lipinski definition) is 5. The molecule has 4 aromatic rings. The Balaban J connectivity index is 1.98. The molecule has 0 bridgehead atoms. The van der Waals surface area contributed by atoms with Crippen molar-refractivity contribution in [3.8, 4) is 11.3 Å². The first-order chi connectivity index (χ1) is 13.5. The Hall–Kier alpha value is -3.03. The summed E-state index contributed by atoms with van der Waals surface area (Å²) in [4.78, 5) is 22.1. The van der Waals surface area contributed by atoms with Crippen molar-refractivity contribution < 1.29 is 9.90 Å². The smallest absolute Gasteiger partial charge is 0.253 e. The van der Waals surface area contributed by atoms with Gasteiger partial charge in [0.15, 0.2) is 0 Å². The summed E-state index contributed by atoms with van der Waals surface area (Å²) >= 11 is 6.00. The third-order valence-corrected chi connectivity index (χ3v) is 4.84. The van der Waals surface area contributed by atoms with Gasteiger partial charge >= 0.3 is 0 Å². The molecule has 1 atom stereocenters. The summed E-state index contributed by atoms with van der Waals surface area (Å²) in [7, 11) is 1.83. The quantitative estimate of drug-likeness (QED) is 0.554. The highest BCUT2D eigenvalue weighted by molar-refractivity contribution is 6.30. The predicted octanol–water partition coefficient (Wildman–Crippen LogP) is 2.95. The molecule has 0 radical (unpaired) electrons. The van der Waals surface area contributed by atoms with Crippen LogP contribution in [0.2, 0.25) is 5.02 Å². The van der Waals surface area contributed by atoms with E-state index in [1.807, 2.05) is 19.2 Å². The minimum atomic E-state index is -0.378. The lowest BCUT2D eigenvalue weighted by atomic mass is 10.1. The zero-order valence-corrected chi connectivity index (χ0v) is 16.1. The van der Waals surface area contributed by atoms with Gasteiger partial charge in [-0.3, -0.25) is 14.5 Å². The van der Waals surface area contributed by atoms with Gasteiger partial charge in [-0.05, 0) is 25.1 Å². The highest BCUT2D eigenvalue weighted by atomic mass is 35.5. The van der Waals surface area contributed by atoms with Crippen LogP contribution in [-0.2, 0) is 7.05 Å². The monoisotopic (exact) mass is 395 g/mol. The minimum Gasteiger partial charge on any atom is -0.394 e. The Bertz CT molecular complexity index is 1190. The zero-order chi connectivity index (χ0) is 19.8. The van der Waals surface area contributed by atoms with Crippen molar-refractivity contribution in [1.82, 2.24) is 25.1 Å². The number of rotatable bonds is 4. The first-order valence-corrected chi connectivity index (χ1v) is 9.15. The maximum absolute atomic E-state index is 12.9. The number of aryl methyl sites for hydroxylation is 1. The van der Waals surface area contributed by atoms with Crippen LogP contribution in [0.4, 0.5) is 0 Å². The molecule has 142 valence electrons. The molecule has 0 aliphatic heterocycles. The van der Waals surface area contributed by atoms with E-state index >= 15 is 0 Å². The van der Waals surface area contributed by atoms with Gasteiger partial charge in [0.25, 0.3) is 5.91 Å². The lowest BCUT2D eigenvalue weighted by molar-refractivity contribution is 0.0924. The van der Waals surface area contributed by atoms with Crippen LogP contribution in [0.1, 0.15) is 17.3 Å². The Kier molecular flexibility index (Phi) is 4.70. The number of aliphatic hydroxyl groups is 1. The average Bonchev–Trinajstić information content (AvgIpc) is 3.09. The van der Waals surface area contributed by atoms with Crippen molar-refractivity contribution in [2.24, 2.45) is 7.05 Å². The van der Waals surface area contributed by atoms with E-state index in [1.165, 1.54) is 0 Å². The van der Waals surface area contributed by atoms with Crippen LogP contribution in [0.5, 0.6) is 0 Å². The Morgan fingerprint density at radius 3 is 2.71 bits per heavy atom. The third-order valence-electron chi connectivity index (χ3n) is 4.58. The second kappa shape index (κ2) is 7.18. The van der Waals surface area contributed by atoms with Crippen molar-refractivity contribution in [3.63, 3.8) is 0 Å². The van der Waals surface area contributed by atoms with E-state index in [4.69, 9.17) is 16.6 Å². The maximum atomic E-state index is 12.9. The Morgan fingerprint density at radius 2 is 2.00 bits per heavy atom. The van der Waals surface area contributed by atoms with Crippen LogP contribution in [0.3, 0.4) is 0 Å². The van der Waals surface area contributed by atoms with E-state index in [-0.39, 0.29) is 18.6 Å². The normalized spacial score (nSPS) is 12.4. The molecule has 1 aromatic carbocycles. The molecule has 1 amide bonds. The Labute approximate surface area is 166 Å². The van der Waals surface area contributed by atoms with Gasteiger partial charge in [-0.2, -0.15) is 5.10 Å². The molecule has 28 heavy (non-hydrogen) atoms. The molecule has 0 fully saturated rings. The first-order valence-electron chi connectivity index (χ1n) is 8.77. The topological polar surface area (TPSA) is 92.9 Å². The van der Waals surface area contributed by atoms with E-state index in [2.05, 4.69) is 15.4 Å². The highest BCUT2D eigenvalue weighted by Crippen LogP contribution is 2.29. The SMILES string of the molecule is C[C@@H](CO)NC(=O)c1cc(-c2ccc(Cl)cc2)nc2c1ncc1c2cnn1C. The van der Waals surface area contributed by atoms with Gasteiger partial charge in [0.1, 0.15) is 11.0 Å². The molecule has 0 saturated heterocycles. The largest absolute Gasteiger partial charge is 0.394 e. The van der Waals surface area contributed by atoms with Gasteiger partial charge in [0.2, 0.25) is 0 Å². The van der Waals surface area contributed by atoms with Gasteiger partial charge in [-0.25, -0.2) is 4.98 Å². The molecular weight excluding hydrogens is 378 g/mol. The van der Waals surface area contributed by atoms with E-state index in [1.54, 1.807) is 42.2 Å². The molecule has 3 aromatic heterocycles. The van der Waals surface area contributed by atoms with E-state index in [0.717, 1.165) is 16.5 Å². The molecule has 4 rings (SSSR count). The minimum absolute atomic E-state index is 0.154. The second-order valence-corrected chi connectivity index (χ2v) is 7.08. The summed E-state index contributed by atoms with van der Waals surface area (Å²) in [6.45, 7) is 1.58. The highest BCUT2D eigenvalue weighted by Gasteiger charge is 2.19. The number of amides is 1. The van der Waals surface area contributed by atoms with E-state index < -0.39 is 0 Å². The summed E-state index contributed by atoms with van der Waals surface area (Å²) in [5.41, 5.74) is 3.76. The molecule has 0 unspecified atom stereocenters. The van der Waals surface area contributed by atoms with Crippen LogP contribution in [-0.4, -0.2) is 43.4 Å². The summed E-state index contributed by atoms with van der Waals surface area (Å²) in [6, 6.07) is 8.59. The van der Waals surface area contributed by atoms with E-state index in [9.17, 15) is 9.90 Å². The number of benzene rings is 1. The van der Waals surface area contributed by atoms with Crippen molar-refractivity contribution in [2.45, 2.75) is 13.0 Å². The molecule has 0 saturated carbocycles. The van der Waals surface area contributed by atoms with Crippen LogP contribution < -0.4 is 5.32 Å². The van der Waals surface area contributed by atoms with Gasteiger partial charge in [-0.15, -0.1) is 0 Å². The predicted molar refractivity (Wildman–Crippen MR) is 108 cm³/mol. The number of fused-ring (bicyclic) bond motifs is 3. The molecule has 3 heterocycles. The third kappa shape index (κ3) is 3.19. The fraction of sp³-hybridized carbons (Fsp3) is 0.200. The van der Waals surface area contributed by atoms with Gasteiger partial charge in [0, 0.05) is 29.1 Å². The zero-order valence-electron chi connectivity index (χ0n) is 15.3. The molecule has 8 heteroatoms. The lowest BCUT2D eigenvalue weighted by Crippen LogP contribution is -2.35. The van der Waals surface area contributed by atoms with Crippen molar-refractivity contribution in [2.75, 3.05) is 6.61 Å². The van der Waals surface area contributed by atoms with Crippen LogP contribution in [0.15, 0.2) is 42.7 Å². The number of nitrogens with one attached hydrogen (secondary N) is 1. The molecule has 0 aliphatic rings. The Morgan fingerprint density at radius 1 is 1.25 bits per heavy atom. The number of pyridine rings is 2. The van der Waals surface area contributed by atoms with Gasteiger partial charge in [0.05, 0.1) is 35.8 Å². The summed E-state index contributed by atoms with van der Waals surface area (Å²) in [5, 5.41) is 17.8. The number of aliphatic hydroxyl groups excluding tert-OH is 1. The van der Waals surface area contributed by atoms with Crippen LogP contribution in [0, 0.1) is 0 Å². The molecule has 7 nitrogen and oxygen atoms in total. The van der Waals surface area contributed by atoms with Gasteiger partial charge < -0.3 is 10.4 Å². The molecule has 0 aliphatic carbocycles.